The topological polar surface area (TPSA) is 71.8 Å². The molecule has 1 aliphatic heterocycles. The van der Waals surface area contributed by atoms with E-state index in [1.165, 1.54) is 30.7 Å². The minimum absolute atomic E-state index is 0.341. The second-order valence-corrected chi connectivity index (χ2v) is 7.39. The standard InChI is InChI=1S/C20H21IN2O4/c1-14-12-15(23-10-2-3-11-23)4-7-17(14)22-19(24)13-26-20(25)9-6-16-5-8-18(21)27-16/h4-9,12H,2-3,10-11,13H2,1H3,(H,22,24)/b9-6+. The maximum Gasteiger partial charge on any atom is 0.331 e. The van der Waals surface area contributed by atoms with Gasteiger partial charge in [-0.15, -0.1) is 0 Å². The number of nitrogens with zero attached hydrogens (tertiary/aromatic N) is 1. The second kappa shape index (κ2) is 9.07. The number of rotatable bonds is 6. The third-order valence-corrected chi connectivity index (χ3v) is 4.86. The molecular formula is C20H21IN2O4. The molecule has 7 heteroatoms. The van der Waals surface area contributed by atoms with Crippen LogP contribution in [0.15, 0.2) is 40.8 Å². The number of ether oxygens (including phenoxy) is 1. The van der Waals surface area contributed by atoms with E-state index in [1.54, 1.807) is 12.1 Å². The van der Waals surface area contributed by atoms with Crippen LogP contribution < -0.4 is 10.2 Å². The number of benzene rings is 1. The Labute approximate surface area is 171 Å². The molecule has 0 atom stereocenters. The molecule has 3 rings (SSSR count). The van der Waals surface area contributed by atoms with Crippen LogP contribution in [0, 0.1) is 10.7 Å². The van der Waals surface area contributed by atoms with E-state index in [4.69, 9.17) is 9.15 Å². The lowest BCUT2D eigenvalue weighted by atomic mass is 10.1. The Kier molecular flexibility index (Phi) is 6.54. The average molecular weight is 480 g/mol. The largest absolute Gasteiger partial charge is 0.452 e. The van der Waals surface area contributed by atoms with Crippen molar-refractivity contribution in [3.8, 4) is 0 Å². The number of hydrogen-bond acceptors (Lipinski definition) is 5. The molecule has 27 heavy (non-hydrogen) atoms. The molecule has 1 aliphatic rings. The number of hydrogen-bond donors (Lipinski definition) is 1. The Hall–Kier alpha value is -2.29. The van der Waals surface area contributed by atoms with E-state index in [1.807, 2.05) is 41.6 Å². The minimum atomic E-state index is -0.599. The van der Waals surface area contributed by atoms with Gasteiger partial charge in [-0.05, 0) is 84.3 Å². The lowest BCUT2D eigenvalue weighted by Crippen LogP contribution is -2.21. The van der Waals surface area contributed by atoms with Crippen LogP contribution in [0.1, 0.15) is 24.2 Å². The lowest BCUT2D eigenvalue weighted by molar-refractivity contribution is -0.142. The summed E-state index contributed by atoms with van der Waals surface area (Å²) in [6, 6.07) is 9.50. The summed E-state index contributed by atoms with van der Waals surface area (Å²) in [4.78, 5) is 26.1. The molecule has 6 nitrogen and oxygen atoms in total. The van der Waals surface area contributed by atoms with E-state index in [2.05, 4.69) is 16.3 Å². The maximum atomic E-state index is 12.0. The van der Waals surface area contributed by atoms with E-state index in [9.17, 15) is 9.59 Å². The van der Waals surface area contributed by atoms with Gasteiger partial charge in [-0.3, -0.25) is 4.79 Å². The number of halogens is 1. The van der Waals surface area contributed by atoms with Crippen molar-refractivity contribution in [1.29, 1.82) is 0 Å². The smallest absolute Gasteiger partial charge is 0.331 e. The van der Waals surface area contributed by atoms with Gasteiger partial charge in [0.25, 0.3) is 5.91 Å². The van der Waals surface area contributed by atoms with Crippen LogP contribution in [0.25, 0.3) is 6.08 Å². The fraction of sp³-hybridized carbons (Fsp3) is 0.300. The Morgan fingerprint density at radius 2 is 2.04 bits per heavy atom. The molecule has 0 unspecified atom stereocenters. The number of nitrogens with one attached hydrogen (secondary N) is 1. The van der Waals surface area contributed by atoms with Gasteiger partial charge in [0.05, 0.1) is 0 Å². The van der Waals surface area contributed by atoms with Gasteiger partial charge in [-0.2, -0.15) is 0 Å². The zero-order valence-electron chi connectivity index (χ0n) is 15.0. The highest BCUT2D eigenvalue weighted by Gasteiger charge is 2.14. The van der Waals surface area contributed by atoms with E-state index in [-0.39, 0.29) is 12.5 Å². The summed E-state index contributed by atoms with van der Waals surface area (Å²) in [5.41, 5.74) is 2.87. The molecule has 0 bridgehead atoms. The summed E-state index contributed by atoms with van der Waals surface area (Å²) in [6.45, 7) is 3.76. The minimum Gasteiger partial charge on any atom is -0.452 e. The van der Waals surface area contributed by atoms with Gasteiger partial charge in [0.15, 0.2) is 10.4 Å². The third kappa shape index (κ3) is 5.59. The van der Waals surface area contributed by atoms with Gasteiger partial charge in [0.2, 0.25) is 0 Å². The van der Waals surface area contributed by atoms with E-state index in [0.29, 0.717) is 5.76 Å². The van der Waals surface area contributed by atoms with E-state index >= 15 is 0 Å². The molecule has 1 N–H and O–H groups in total. The van der Waals surface area contributed by atoms with Crippen molar-refractivity contribution in [1.82, 2.24) is 0 Å². The molecular weight excluding hydrogens is 459 g/mol. The lowest BCUT2D eigenvalue weighted by Gasteiger charge is -2.19. The first-order valence-electron chi connectivity index (χ1n) is 8.77. The molecule has 1 amide bonds. The van der Waals surface area contributed by atoms with Crippen molar-refractivity contribution in [3.05, 3.63) is 51.5 Å². The van der Waals surface area contributed by atoms with Crippen LogP contribution in [0.2, 0.25) is 0 Å². The SMILES string of the molecule is Cc1cc(N2CCCC2)ccc1NC(=O)COC(=O)/C=C/c1ccc(I)o1. The predicted octanol–water partition coefficient (Wildman–Crippen LogP) is 3.99. The molecule has 0 saturated carbocycles. The maximum absolute atomic E-state index is 12.0. The van der Waals surface area contributed by atoms with Crippen molar-refractivity contribution >= 4 is 51.9 Å². The van der Waals surface area contributed by atoms with Crippen LogP contribution in [-0.2, 0) is 14.3 Å². The Morgan fingerprint density at radius 1 is 1.26 bits per heavy atom. The molecule has 1 aromatic heterocycles. The number of furan rings is 1. The summed E-state index contributed by atoms with van der Waals surface area (Å²) >= 11 is 2.04. The highest BCUT2D eigenvalue weighted by Crippen LogP contribution is 2.25. The Balaban J connectivity index is 1.48. The highest BCUT2D eigenvalue weighted by molar-refractivity contribution is 14.1. The first kappa shape index (κ1) is 19.5. The van der Waals surface area contributed by atoms with E-state index in [0.717, 1.165) is 28.1 Å². The zero-order chi connectivity index (χ0) is 19.2. The van der Waals surface area contributed by atoms with Gasteiger partial charge in [-0.1, -0.05) is 0 Å². The second-order valence-electron chi connectivity index (χ2n) is 6.32. The number of anilines is 2. The fourth-order valence-corrected chi connectivity index (χ4v) is 3.33. The quantitative estimate of drug-likeness (QED) is 0.385. The van der Waals surface area contributed by atoms with Gasteiger partial charge >= 0.3 is 5.97 Å². The van der Waals surface area contributed by atoms with Crippen LogP contribution in [-0.4, -0.2) is 31.6 Å². The van der Waals surface area contributed by atoms with E-state index < -0.39 is 5.97 Å². The molecule has 142 valence electrons. The molecule has 2 heterocycles. The highest BCUT2D eigenvalue weighted by atomic mass is 127. The number of aryl methyl sites for hydroxylation is 1. The summed E-state index contributed by atoms with van der Waals surface area (Å²) in [5.74, 6) is -0.423. The number of esters is 1. The van der Waals surface area contributed by atoms with Gasteiger partial charge in [0, 0.05) is 30.5 Å². The van der Waals surface area contributed by atoms with Gasteiger partial charge < -0.3 is 19.4 Å². The first-order valence-corrected chi connectivity index (χ1v) is 9.85. The normalized spacial score (nSPS) is 13.9. The number of carbonyl (C=O) groups excluding carboxylic acids is 2. The zero-order valence-corrected chi connectivity index (χ0v) is 17.2. The number of amides is 1. The van der Waals surface area contributed by atoms with Gasteiger partial charge in [0.1, 0.15) is 5.76 Å². The monoisotopic (exact) mass is 480 g/mol. The van der Waals surface area contributed by atoms with Crippen LogP contribution in [0.4, 0.5) is 11.4 Å². The molecule has 1 fully saturated rings. The summed E-state index contributed by atoms with van der Waals surface area (Å²) in [7, 11) is 0. The van der Waals surface area contributed by atoms with Crippen molar-refractivity contribution < 1.29 is 18.7 Å². The fourth-order valence-electron chi connectivity index (χ4n) is 2.90. The van der Waals surface area contributed by atoms with Crippen LogP contribution >= 0.6 is 22.6 Å². The summed E-state index contributed by atoms with van der Waals surface area (Å²) < 4.78 is 11.0. The Morgan fingerprint density at radius 3 is 2.70 bits per heavy atom. The summed E-state index contributed by atoms with van der Waals surface area (Å²) in [5, 5.41) is 2.78. The van der Waals surface area contributed by atoms with Crippen molar-refractivity contribution in [3.63, 3.8) is 0 Å². The molecule has 2 aromatic rings. The molecule has 0 radical (unpaired) electrons. The van der Waals surface area contributed by atoms with Crippen molar-refractivity contribution in [2.24, 2.45) is 0 Å². The van der Waals surface area contributed by atoms with Gasteiger partial charge in [-0.25, -0.2) is 4.79 Å². The number of carbonyl (C=O) groups is 2. The summed E-state index contributed by atoms with van der Waals surface area (Å²) in [6.07, 6.45) is 5.18. The molecule has 0 spiro atoms. The third-order valence-electron chi connectivity index (χ3n) is 4.28. The van der Waals surface area contributed by atoms with Crippen LogP contribution in [0.5, 0.6) is 0 Å². The van der Waals surface area contributed by atoms with Crippen molar-refractivity contribution in [2.45, 2.75) is 19.8 Å². The average Bonchev–Trinajstić information content (AvgIpc) is 3.31. The Bertz CT molecular complexity index is 853. The first-order chi connectivity index (χ1) is 13.0. The predicted molar refractivity (Wildman–Crippen MR) is 113 cm³/mol. The molecule has 0 aliphatic carbocycles. The molecule has 1 aromatic carbocycles. The molecule has 1 saturated heterocycles. The van der Waals surface area contributed by atoms with Crippen LogP contribution in [0.3, 0.4) is 0 Å². The van der Waals surface area contributed by atoms with Crippen molar-refractivity contribution in [2.75, 3.05) is 29.9 Å².